The molecule has 0 unspecified atom stereocenters. The fraction of sp³-hybridized carbons (Fsp3) is 0.421. The number of hydrogen-bond donors (Lipinski definition) is 2. The average molecular weight is 390 g/mol. The summed E-state index contributed by atoms with van der Waals surface area (Å²) in [5.74, 6) is -0.314. The first-order chi connectivity index (χ1) is 13.2. The van der Waals surface area contributed by atoms with Gasteiger partial charge in [-0.3, -0.25) is 9.69 Å². The smallest absolute Gasteiger partial charge is 0.273 e. The van der Waals surface area contributed by atoms with Crippen LogP contribution in [0.1, 0.15) is 34.9 Å². The van der Waals surface area contributed by atoms with Crippen molar-refractivity contribution in [1.82, 2.24) is 25.2 Å². The van der Waals surface area contributed by atoms with Crippen molar-refractivity contribution in [1.29, 1.82) is 0 Å². The van der Waals surface area contributed by atoms with Crippen LogP contribution in [0.25, 0.3) is 6.08 Å². The minimum atomic E-state index is -0.314. The van der Waals surface area contributed by atoms with Crippen molar-refractivity contribution in [2.24, 2.45) is 0 Å². The van der Waals surface area contributed by atoms with E-state index in [0.29, 0.717) is 0 Å². The number of aromatic nitrogens is 3. The van der Waals surface area contributed by atoms with E-state index in [1.54, 1.807) is 10.9 Å². The zero-order chi connectivity index (χ0) is 19.1. The fourth-order valence-corrected chi connectivity index (χ4v) is 3.45. The van der Waals surface area contributed by atoms with Gasteiger partial charge in [0.25, 0.3) is 5.91 Å². The molecule has 0 spiro atoms. The highest BCUT2D eigenvalue weighted by Crippen LogP contribution is 2.23. The molecule has 0 radical (unpaired) electrons. The Labute approximate surface area is 163 Å². The predicted octanol–water partition coefficient (Wildman–Crippen LogP) is 1.92. The van der Waals surface area contributed by atoms with E-state index in [9.17, 15) is 4.79 Å². The Kier molecular flexibility index (Phi) is 6.98. The van der Waals surface area contributed by atoms with E-state index in [-0.39, 0.29) is 30.8 Å². The van der Waals surface area contributed by atoms with Crippen LogP contribution in [0.4, 0.5) is 0 Å². The normalized spacial score (nSPS) is 16.4. The predicted molar refractivity (Wildman–Crippen MR) is 104 cm³/mol. The van der Waals surface area contributed by atoms with E-state index in [1.165, 1.54) is 0 Å². The molecule has 2 aromatic rings. The summed E-state index contributed by atoms with van der Waals surface area (Å²) in [7, 11) is 0. The van der Waals surface area contributed by atoms with Crippen LogP contribution < -0.4 is 5.32 Å². The van der Waals surface area contributed by atoms with E-state index in [4.69, 9.17) is 16.7 Å². The molecule has 7 nitrogen and oxygen atoms in total. The van der Waals surface area contributed by atoms with Gasteiger partial charge in [-0.25, -0.2) is 4.68 Å². The third-order valence-corrected chi connectivity index (χ3v) is 4.80. The Hall–Kier alpha value is -2.22. The van der Waals surface area contributed by atoms with Crippen LogP contribution in [0, 0.1) is 0 Å². The van der Waals surface area contributed by atoms with Gasteiger partial charge in [0.05, 0.1) is 18.8 Å². The van der Waals surface area contributed by atoms with Gasteiger partial charge in [-0.15, -0.1) is 5.10 Å². The number of nitrogens with one attached hydrogen (secondary N) is 1. The number of halogens is 1. The van der Waals surface area contributed by atoms with Crippen LogP contribution in [-0.2, 0) is 0 Å². The van der Waals surface area contributed by atoms with Gasteiger partial charge in [0.1, 0.15) is 0 Å². The summed E-state index contributed by atoms with van der Waals surface area (Å²) in [4.78, 5) is 14.2. The number of amides is 1. The maximum Gasteiger partial charge on any atom is 0.273 e. The second-order valence-electron chi connectivity index (χ2n) is 6.57. The second kappa shape index (κ2) is 9.64. The topological polar surface area (TPSA) is 83.3 Å². The molecule has 1 aliphatic heterocycles. The largest absolute Gasteiger partial charge is 0.395 e. The van der Waals surface area contributed by atoms with Crippen molar-refractivity contribution >= 4 is 23.6 Å². The zero-order valence-electron chi connectivity index (χ0n) is 15.1. The maximum atomic E-state index is 11.9. The Morgan fingerprint density at radius 1 is 1.30 bits per heavy atom. The number of benzene rings is 1. The van der Waals surface area contributed by atoms with Crippen LogP contribution in [0.3, 0.4) is 0 Å². The first kappa shape index (κ1) is 19.5. The molecular weight excluding hydrogens is 366 g/mol. The van der Waals surface area contributed by atoms with E-state index in [0.717, 1.165) is 43.1 Å². The number of aliphatic hydroxyl groups excluding tert-OH is 1. The maximum absolute atomic E-state index is 11.9. The number of rotatable bonds is 7. The highest BCUT2D eigenvalue weighted by Gasteiger charge is 2.23. The summed E-state index contributed by atoms with van der Waals surface area (Å²) in [6.45, 7) is 2.67. The molecule has 8 heteroatoms. The summed E-state index contributed by atoms with van der Waals surface area (Å²) in [6.07, 6.45) is 5.53. The van der Waals surface area contributed by atoms with E-state index >= 15 is 0 Å². The van der Waals surface area contributed by atoms with Gasteiger partial charge >= 0.3 is 0 Å². The highest BCUT2D eigenvalue weighted by atomic mass is 35.5. The molecule has 1 amide bonds. The molecule has 1 fully saturated rings. The van der Waals surface area contributed by atoms with Crippen molar-refractivity contribution in [2.45, 2.75) is 18.9 Å². The Morgan fingerprint density at radius 3 is 2.74 bits per heavy atom. The van der Waals surface area contributed by atoms with Gasteiger partial charge in [0.2, 0.25) is 0 Å². The molecule has 0 saturated carbocycles. The third-order valence-electron chi connectivity index (χ3n) is 4.57. The number of piperidine rings is 1. The lowest BCUT2D eigenvalue weighted by Gasteiger charge is -2.31. The Morgan fingerprint density at radius 2 is 2.04 bits per heavy atom. The minimum absolute atomic E-state index is 0.0976. The van der Waals surface area contributed by atoms with Gasteiger partial charge in [-0.2, -0.15) is 0 Å². The molecule has 3 rings (SSSR count). The van der Waals surface area contributed by atoms with Gasteiger partial charge in [-0.1, -0.05) is 47.1 Å². The monoisotopic (exact) mass is 389 g/mol. The quantitative estimate of drug-likeness (QED) is 0.755. The van der Waals surface area contributed by atoms with Crippen LogP contribution in [0.2, 0.25) is 0 Å². The molecule has 144 valence electrons. The summed E-state index contributed by atoms with van der Waals surface area (Å²) >= 11 is 6.41. The van der Waals surface area contributed by atoms with Crippen molar-refractivity contribution in [3.05, 3.63) is 52.8 Å². The van der Waals surface area contributed by atoms with Crippen molar-refractivity contribution in [3.63, 3.8) is 0 Å². The first-order valence-electron chi connectivity index (χ1n) is 9.10. The van der Waals surface area contributed by atoms with Gasteiger partial charge in [0.15, 0.2) is 5.69 Å². The van der Waals surface area contributed by atoms with E-state index in [2.05, 4.69) is 20.5 Å². The molecular formula is C19H24ClN5O2. The molecule has 0 bridgehead atoms. The Bertz CT molecular complexity index is 769. The van der Waals surface area contributed by atoms with Crippen LogP contribution >= 0.6 is 11.6 Å². The Balaban J connectivity index is 1.50. The lowest BCUT2D eigenvalue weighted by molar-refractivity contribution is 0.0939. The van der Waals surface area contributed by atoms with Crippen LogP contribution in [0.15, 0.2) is 41.6 Å². The standard InChI is InChI=1S/C19H24ClN5O2/c20-16(12-15-4-2-1-3-5-15)13-24-9-6-17(7-10-24)25-14-18(22-23-25)19(27)21-8-11-26/h1-5,12,14,17,26H,6-11,13H2,(H,21,27). The molecule has 1 saturated heterocycles. The molecule has 2 N–H and O–H groups in total. The number of carbonyl (C=O) groups is 1. The molecule has 27 heavy (non-hydrogen) atoms. The third kappa shape index (κ3) is 5.63. The summed E-state index contributed by atoms with van der Waals surface area (Å²) < 4.78 is 1.77. The number of aliphatic hydroxyl groups is 1. The van der Waals surface area contributed by atoms with Crippen LogP contribution in [-0.4, -0.2) is 63.7 Å². The first-order valence-corrected chi connectivity index (χ1v) is 9.48. The average Bonchev–Trinajstić information content (AvgIpc) is 3.18. The fourth-order valence-electron chi connectivity index (χ4n) is 3.15. The molecule has 1 aromatic carbocycles. The van der Waals surface area contributed by atoms with E-state index < -0.39 is 0 Å². The molecule has 1 aromatic heterocycles. The molecule has 1 aliphatic rings. The molecule has 0 aliphatic carbocycles. The highest BCUT2D eigenvalue weighted by molar-refractivity contribution is 6.31. The number of likely N-dealkylation sites (tertiary alicyclic amines) is 1. The minimum Gasteiger partial charge on any atom is -0.395 e. The van der Waals surface area contributed by atoms with Gasteiger partial charge in [-0.05, 0) is 24.5 Å². The summed E-state index contributed by atoms with van der Waals surface area (Å²) in [5.41, 5.74) is 1.38. The summed E-state index contributed by atoms with van der Waals surface area (Å²) in [6, 6.07) is 10.3. The van der Waals surface area contributed by atoms with Crippen molar-refractivity contribution < 1.29 is 9.90 Å². The SMILES string of the molecule is O=C(NCCO)c1cn(C2CCN(CC(Cl)=Cc3ccccc3)CC2)nn1. The van der Waals surface area contributed by atoms with Crippen molar-refractivity contribution in [3.8, 4) is 0 Å². The van der Waals surface area contributed by atoms with Gasteiger partial charge in [0, 0.05) is 31.2 Å². The summed E-state index contributed by atoms with van der Waals surface area (Å²) in [5, 5.41) is 20.2. The zero-order valence-corrected chi connectivity index (χ0v) is 15.8. The van der Waals surface area contributed by atoms with Crippen LogP contribution in [0.5, 0.6) is 0 Å². The van der Waals surface area contributed by atoms with Crippen molar-refractivity contribution in [2.75, 3.05) is 32.8 Å². The lowest BCUT2D eigenvalue weighted by Crippen LogP contribution is -2.35. The number of carbonyl (C=O) groups excluding carboxylic acids is 1. The lowest BCUT2D eigenvalue weighted by atomic mass is 10.1. The number of hydrogen-bond acceptors (Lipinski definition) is 5. The van der Waals surface area contributed by atoms with Gasteiger partial charge < -0.3 is 10.4 Å². The molecule has 0 atom stereocenters. The second-order valence-corrected chi connectivity index (χ2v) is 7.06. The number of nitrogens with zero attached hydrogens (tertiary/aromatic N) is 4. The molecule has 2 heterocycles. The van der Waals surface area contributed by atoms with E-state index in [1.807, 2.05) is 36.4 Å².